The summed E-state index contributed by atoms with van der Waals surface area (Å²) < 4.78 is 39.8. The lowest BCUT2D eigenvalue weighted by Gasteiger charge is -2.30. The molecule has 0 aliphatic heterocycles. The molecular formula is C19H23FN2O3S. The minimum absolute atomic E-state index is 0.141. The molecule has 26 heavy (non-hydrogen) atoms. The van der Waals surface area contributed by atoms with Crippen LogP contribution < -0.4 is 9.62 Å². The van der Waals surface area contributed by atoms with E-state index >= 15 is 0 Å². The first kappa shape index (κ1) is 19.9. The predicted molar refractivity (Wildman–Crippen MR) is 102 cm³/mol. The summed E-state index contributed by atoms with van der Waals surface area (Å²) in [7, 11) is -3.87. The molecule has 0 heterocycles. The van der Waals surface area contributed by atoms with Gasteiger partial charge in [0.1, 0.15) is 11.9 Å². The third-order valence-electron chi connectivity index (χ3n) is 4.28. The zero-order chi connectivity index (χ0) is 19.5. The highest BCUT2D eigenvalue weighted by atomic mass is 32.2. The number of hydrogen-bond acceptors (Lipinski definition) is 3. The van der Waals surface area contributed by atoms with Gasteiger partial charge in [0, 0.05) is 5.69 Å². The van der Waals surface area contributed by atoms with Crippen LogP contribution in [0.4, 0.5) is 15.8 Å². The van der Waals surface area contributed by atoms with Crippen molar-refractivity contribution in [1.82, 2.24) is 0 Å². The van der Waals surface area contributed by atoms with E-state index in [9.17, 15) is 17.6 Å². The summed E-state index contributed by atoms with van der Waals surface area (Å²) in [6.45, 7) is 5.48. The SMILES string of the molecule is CC[C@H](C(=O)Nc1cccc(C)c1C)N(c1ccccc1F)S(C)(=O)=O. The number of para-hydroxylation sites is 1. The zero-order valence-electron chi connectivity index (χ0n) is 15.3. The number of nitrogens with one attached hydrogen (secondary N) is 1. The molecule has 0 saturated heterocycles. The molecule has 0 unspecified atom stereocenters. The van der Waals surface area contributed by atoms with E-state index in [0.29, 0.717) is 5.69 Å². The van der Waals surface area contributed by atoms with Crippen LogP contribution >= 0.6 is 0 Å². The van der Waals surface area contributed by atoms with Gasteiger partial charge in [-0.1, -0.05) is 31.2 Å². The number of rotatable bonds is 6. The van der Waals surface area contributed by atoms with Crippen molar-refractivity contribution >= 4 is 27.3 Å². The van der Waals surface area contributed by atoms with E-state index in [1.165, 1.54) is 24.3 Å². The normalized spacial score (nSPS) is 12.5. The van der Waals surface area contributed by atoms with Crippen molar-refractivity contribution in [1.29, 1.82) is 0 Å². The summed E-state index contributed by atoms with van der Waals surface area (Å²) in [6.07, 6.45) is 1.16. The molecule has 5 nitrogen and oxygen atoms in total. The van der Waals surface area contributed by atoms with Crippen LogP contribution in [0, 0.1) is 19.7 Å². The highest BCUT2D eigenvalue weighted by Crippen LogP contribution is 2.26. The summed E-state index contributed by atoms with van der Waals surface area (Å²) in [5.74, 6) is -1.20. The zero-order valence-corrected chi connectivity index (χ0v) is 16.1. The lowest BCUT2D eigenvalue weighted by molar-refractivity contribution is -0.117. The average molecular weight is 378 g/mol. The third kappa shape index (κ3) is 4.22. The molecule has 2 aromatic rings. The van der Waals surface area contributed by atoms with E-state index < -0.39 is 27.8 Å². The van der Waals surface area contributed by atoms with E-state index in [0.717, 1.165) is 21.7 Å². The molecule has 0 spiro atoms. The number of benzene rings is 2. The second-order valence-corrected chi connectivity index (χ2v) is 8.03. The molecule has 0 saturated carbocycles. The molecule has 0 radical (unpaired) electrons. The highest BCUT2D eigenvalue weighted by molar-refractivity contribution is 7.92. The van der Waals surface area contributed by atoms with E-state index in [4.69, 9.17) is 0 Å². The van der Waals surface area contributed by atoms with Crippen molar-refractivity contribution in [3.63, 3.8) is 0 Å². The van der Waals surface area contributed by atoms with Crippen molar-refractivity contribution in [2.75, 3.05) is 15.9 Å². The average Bonchev–Trinajstić information content (AvgIpc) is 2.56. The molecule has 0 aliphatic carbocycles. The van der Waals surface area contributed by atoms with Gasteiger partial charge in [0.05, 0.1) is 11.9 Å². The molecule has 2 rings (SSSR count). The van der Waals surface area contributed by atoms with E-state index in [2.05, 4.69) is 5.32 Å². The topological polar surface area (TPSA) is 66.5 Å². The van der Waals surface area contributed by atoms with Gasteiger partial charge in [0.15, 0.2) is 0 Å². The van der Waals surface area contributed by atoms with Gasteiger partial charge in [-0.15, -0.1) is 0 Å². The van der Waals surface area contributed by atoms with E-state index in [1.807, 2.05) is 26.0 Å². The molecular weight excluding hydrogens is 355 g/mol. The molecule has 2 aromatic carbocycles. The summed E-state index contributed by atoms with van der Waals surface area (Å²) in [6, 6.07) is 9.94. The lowest BCUT2D eigenvalue weighted by atomic mass is 10.1. The van der Waals surface area contributed by atoms with Crippen LogP contribution in [-0.2, 0) is 14.8 Å². The van der Waals surface area contributed by atoms with Gasteiger partial charge in [0.25, 0.3) is 0 Å². The van der Waals surface area contributed by atoms with Gasteiger partial charge >= 0.3 is 0 Å². The number of nitrogens with zero attached hydrogens (tertiary/aromatic N) is 1. The van der Waals surface area contributed by atoms with Gasteiger partial charge in [-0.25, -0.2) is 12.8 Å². The molecule has 140 valence electrons. The largest absolute Gasteiger partial charge is 0.324 e. The number of hydrogen-bond donors (Lipinski definition) is 1. The maximum absolute atomic E-state index is 14.2. The summed E-state index contributed by atoms with van der Waals surface area (Å²) in [5.41, 5.74) is 2.37. The second kappa shape index (κ2) is 7.86. The van der Waals surface area contributed by atoms with Gasteiger partial charge in [-0.3, -0.25) is 9.10 Å². The maximum Gasteiger partial charge on any atom is 0.248 e. The monoisotopic (exact) mass is 378 g/mol. The Balaban J connectivity index is 2.44. The first-order chi connectivity index (χ1) is 12.2. The first-order valence-electron chi connectivity index (χ1n) is 8.27. The fraction of sp³-hybridized carbons (Fsp3) is 0.316. The summed E-state index contributed by atoms with van der Waals surface area (Å²) in [5, 5.41) is 2.78. The predicted octanol–water partition coefficient (Wildman–Crippen LogP) is 3.63. The van der Waals surface area contributed by atoms with Crippen LogP contribution in [0.15, 0.2) is 42.5 Å². The van der Waals surface area contributed by atoms with Gasteiger partial charge < -0.3 is 5.32 Å². The Kier molecular flexibility index (Phi) is 6.02. The Morgan fingerprint density at radius 2 is 1.81 bits per heavy atom. The maximum atomic E-state index is 14.2. The van der Waals surface area contributed by atoms with Crippen LogP contribution in [-0.4, -0.2) is 26.6 Å². The molecule has 1 amide bonds. The quantitative estimate of drug-likeness (QED) is 0.835. The number of sulfonamides is 1. The molecule has 0 aliphatic rings. The van der Waals surface area contributed by atoms with Crippen LogP contribution in [0.3, 0.4) is 0 Å². The van der Waals surface area contributed by atoms with Crippen LogP contribution in [0.2, 0.25) is 0 Å². The lowest BCUT2D eigenvalue weighted by Crippen LogP contribution is -2.47. The van der Waals surface area contributed by atoms with Gasteiger partial charge in [-0.2, -0.15) is 0 Å². The molecule has 1 atom stereocenters. The van der Waals surface area contributed by atoms with Crippen molar-refractivity contribution in [3.8, 4) is 0 Å². The number of halogens is 1. The number of carbonyl (C=O) groups excluding carboxylic acids is 1. The number of amides is 1. The smallest absolute Gasteiger partial charge is 0.248 e. The number of aryl methyl sites for hydroxylation is 1. The first-order valence-corrected chi connectivity index (χ1v) is 10.1. The van der Waals surface area contributed by atoms with Gasteiger partial charge in [0.2, 0.25) is 15.9 Å². The van der Waals surface area contributed by atoms with E-state index in [1.54, 1.807) is 13.0 Å². The van der Waals surface area contributed by atoms with Gasteiger partial charge in [-0.05, 0) is 49.6 Å². The minimum Gasteiger partial charge on any atom is -0.324 e. The molecule has 0 bridgehead atoms. The van der Waals surface area contributed by atoms with Crippen LogP contribution in [0.25, 0.3) is 0 Å². The second-order valence-electron chi connectivity index (χ2n) is 6.17. The standard InChI is InChI=1S/C19H23FN2O3S/c1-5-17(19(23)21-16-11-8-9-13(2)14(16)3)22(26(4,24)25)18-12-7-6-10-15(18)20/h6-12,17H,5H2,1-4H3,(H,21,23)/t17-/m1/s1. The fourth-order valence-electron chi connectivity index (χ4n) is 2.77. The van der Waals surface area contributed by atoms with Crippen molar-refractivity contribution in [2.45, 2.75) is 33.2 Å². The fourth-order valence-corrected chi connectivity index (χ4v) is 3.98. The highest BCUT2D eigenvalue weighted by Gasteiger charge is 2.33. The number of carbonyl (C=O) groups is 1. The Morgan fingerprint density at radius 1 is 1.15 bits per heavy atom. The third-order valence-corrected chi connectivity index (χ3v) is 5.45. The van der Waals surface area contributed by atoms with Crippen molar-refractivity contribution < 1.29 is 17.6 Å². The Bertz CT molecular complexity index is 913. The molecule has 0 fully saturated rings. The molecule has 0 aromatic heterocycles. The Hall–Kier alpha value is -2.41. The Morgan fingerprint density at radius 3 is 2.38 bits per heavy atom. The minimum atomic E-state index is -3.87. The summed E-state index contributed by atoms with van der Waals surface area (Å²) >= 11 is 0. The van der Waals surface area contributed by atoms with Crippen molar-refractivity contribution in [3.05, 3.63) is 59.4 Å². The summed E-state index contributed by atoms with van der Waals surface area (Å²) in [4.78, 5) is 12.8. The van der Waals surface area contributed by atoms with Crippen LogP contribution in [0.5, 0.6) is 0 Å². The van der Waals surface area contributed by atoms with Crippen molar-refractivity contribution in [2.24, 2.45) is 0 Å². The van der Waals surface area contributed by atoms with Crippen LogP contribution in [0.1, 0.15) is 24.5 Å². The number of anilines is 2. The van der Waals surface area contributed by atoms with E-state index in [-0.39, 0.29) is 12.1 Å². The molecule has 7 heteroatoms. The Labute approximate surface area is 153 Å². The molecule has 1 N–H and O–H groups in total.